The summed E-state index contributed by atoms with van der Waals surface area (Å²) in [4.78, 5) is 9.63. The molecule has 70 valence electrons. The lowest BCUT2D eigenvalue weighted by Crippen LogP contribution is -2.04. The van der Waals surface area contributed by atoms with E-state index in [1.54, 1.807) is 0 Å². The van der Waals surface area contributed by atoms with Crippen molar-refractivity contribution in [2.45, 2.75) is 6.54 Å². The predicted molar refractivity (Wildman–Crippen MR) is 48.6 cm³/mol. The maximum atomic E-state index is 13.0. The number of nitrogens with two attached hydrogens (primary N) is 1. The van der Waals surface area contributed by atoms with E-state index in [0.29, 0.717) is 4.47 Å². The third kappa shape index (κ3) is 2.02. The van der Waals surface area contributed by atoms with Crippen LogP contribution in [0.2, 0.25) is 0 Å². The zero-order valence-corrected chi connectivity index (χ0v) is 8.04. The Morgan fingerprint density at radius 1 is 1.62 bits per heavy atom. The van der Waals surface area contributed by atoms with Gasteiger partial charge in [-0.25, -0.2) is 0 Å². The molecule has 0 fully saturated rings. The number of benzene rings is 1. The topological polar surface area (TPSA) is 69.2 Å². The second-order valence-corrected chi connectivity index (χ2v) is 3.27. The van der Waals surface area contributed by atoms with Gasteiger partial charge in [-0.2, -0.15) is 4.39 Å². The zero-order valence-electron chi connectivity index (χ0n) is 6.46. The van der Waals surface area contributed by atoms with Gasteiger partial charge in [-0.15, -0.1) is 0 Å². The summed E-state index contributed by atoms with van der Waals surface area (Å²) in [5, 5.41) is 10.4. The van der Waals surface area contributed by atoms with Crippen LogP contribution in [-0.4, -0.2) is 4.92 Å². The first-order valence-electron chi connectivity index (χ1n) is 3.38. The van der Waals surface area contributed by atoms with E-state index in [2.05, 4.69) is 15.9 Å². The molecule has 4 nitrogen and oxygen atoms in total. The van der Waals surface area contributed by atoms with E-state index in [4.69, 9.17) is 5.73 Å². The molecular formula is C7H6BrFN2O2. The fourth-order valence-corrected chi connectivity index (χ4v) is 1.46. The zero-order chi connectivity index (χ0) is 10.0. The Hall–Kier alpha value is -1.01. The smallest absolute Gasteiger partial charge is 0.309 e. The number of halogens is 2. The Balaban J connectivity index is 3.38. The molecule has 2 N–H and O–H groups in total. The second-order valence-electron chi connectivity index (χ2n) is 2.36. The van der Waals surface area contributed by atoms with Gasteiger partial charge in [0.2, 0.25) is 5.82 Å². The summed E-state index contributed by atoms with van der Waals surface area (Å²) in [6, 6.07) is 2.47. The van der Waals surface area contributed by atoms with Gasteiger partial charge in [0.25, 0.3) is 0 Å². The maximum absolute atomic E-state index is 13.0. The normalized spacial score (nSPS) is 10.1. The molecule has 0 atom stereocenters. The first-order valence-corrected chi connectivity index (χ1v) is 4.18. The van der Waals surface area contributed by atoms with Gasteiger partial charge in [0.05, 0.1) is 4.92 Å². The number of nitro groups is 1. The van der Waals surface area contributed by atoms with Crippen molar-refractivity contribution in [3.05, 3.63) is 38.1 Å². The first-order chi connectivity index (χ1) is 6.06. The standard InChI is InChI=1S/C7H6BrFN2O2/c8-5-1-4(3-10)7(11(12)13)6(9)2-5/h1-2H,3,10H2. The number of hydrogen-bond donors (Lipinski definition) is 1. The summed E-state index contributed by atoms with van der Waals surface area (Å²) < 4.78 is 13.5. The molecule has 0 aliphatic rings. The lowest BCUT2D eigenvalue weighted by atomic mass is 10.2. The minimum Gasteiger partial charge on any atom is -0.326 e. The van der Waals surface area contributed by atoms with Crippen LogP contribution in [-0.2, 0) is 6.54 Å². The van der Waals surface area contributed by atoms with Gasteiger partial charge in [0.15, 0.2) is 0 Å². The van der Waals surface area contributed by atoms with E-state index in [0.717, 1.165) is 6.07 Å². The summed E-state index contributed by atoms with van der Waals surface area (Å²) in [7, 11) is 0. The highest BCUT2D eigenvalue weighted by Crippen LogP contribution is 2.26. The third-order valence-electron chi connectivity index (χ3n) is 1.51. The summed E-state index contributed by atoms with van der Waals surface area (Å²) >= 11 is 3.02. The lowest BCUT2D eigenvalue weighted by molar-refractivity contribution is -0.388. The Kier molecular flexibility index (Phi) is 2.94. The molecule has 6 heteroatoms. The summed E-state index contributed by atoms with van der Waals surface area (Å²) in [5.74, 6) is -0.875. The van der Waals surface area contributed by atoms with Crippen molar-refractivity contribution < 1.29 is 9.31 Å². The van der Waals surface area contributed by atoms with Crippen molar-refractivity contribution in [2.24, 2.45) is 5.73 Å². The van der Waals surface area contributed by atoms with Crippen molar-refractivity contribution >= 4 is 21.6 Å². The molecule has 0 aliphatic carbocycles. The van der Waals surface area contributed by atoms with Crippen LogP contribution >= 0.6 is 15.9 Å². The molecule has 0 heterocycles. The van der Waals surface area contributed by atoms with Crippen LogP contribution < -0.4 is 5.73 Å². The van der Waals surface area contributed by atoms with Gasteiger partial charge in [-0.3, -0.25) is 10.1 Å². The largest absolute Gasteiger partial charge is 0.326 e. The number of rotatable bonds is 2. The molecule has 1 aromatic rings. The number of nitro benzene ring substituents is 1. The van der Waals surface area contributed by atoms with E-state index in [1.807, 2.05) is 0 Å². The minimum absolute atomic E-state index is 0.0628. The molecule has 0 aromatic heterocycles. The predicted octanol–water partition coefficient (Wildman–Crippen LogP) is 1.96. The summed E-state index contributed by atoms with van der Waals surface area (Å²) in [6.45, 7) is -0.0628. The highest BCUT2D eigenvalue weighted by atomic mass is 79.9. The molecule has 1 aromatic carbocycles. The van der Waals surface area contributed by atoms with E-state index in [-0.39, 0.29) is 12.1 Å². The van der Waals surface area contributed by atoms with E-state index in [1.165, 1.54) is 6.07 Å². The quantitative estimate of drug-likeness (QED) is 0.643. The Morgan fingerprint density at radius 2 is 2.23 bits per heavy atom. The molecule has 0 aliphatic heterocycles. The van der Waals surface area contributed by atoms with Crippen LogP contribution in [0.25, 0.3) is 0 Å². The Bertz CT molecular complexity index is 357. The van der Waals surface area contributed by atoms with Crippen LogP contribution in [0.3, 0.4) is 0 Å². The van der Waals surface area contributed by atoms with Crippen LogP contribution in [0.5, 0.6) is 0 Å². The molecule has 1 rings (SSSR count). The van der Waals surface area contributed by atoms with Gasteiger partial charge in [0.1, 0.15) is 0 Å². The molecule has 0 amide bonds. The van der Waals surface area contributed by atoms with Crippen LogP contribution in [0.4, 0.5) is 10.1 Å². The van der Waals surface area contributed by atoms with E-state index in [9.17, 15) is 14.5 Å². The molecule has 13 heavy (non-hydrogen) atoms. The Morgan fingerprint density at radius 3 is 2.69 bits per heavy atom. The van der Waals surface area contributed by atoms with Gasteiger partial charge in [-0.05, 0) is 12.1 Å². The monoisotopic (exact) mass is 248 g/mol. The van der Waals surface area contributed by atoms with Crippen LogP contribution in [0, 0.1) is 15.9 Å². The maximum Gasteiger partial charge on any atom is 0.309 e. The van der Waals surface area contributed by atoms with Crippen molar-refractivity contribution in [3.63, 3.8) is 0 Å². The Labute approximate surface area is 81.8 Å². The molecule has 0 saturated carbocycles. The number of hydrogen-bond acceptors (Lipinski definition) is 3. The summed E-state index contributed by atoms with van der Waals surface area (Å²) in [6.07, 6.45) is 0. The second kappa shape index (κ2) is 3.80. The minimum atomic E-state index is -0.875. The fourth-order valence-electron chi connectivity index (χ4n) is 0.979. The van der Waals surface area contributed by atoms with Crippen molar-refractivity contribution in [1.82, 2.24) is 0 Å². The average Bonchev–Trinajstić information content (AvgIpc) is 2.01. The number of nitrogens with zero attached hydrogens (tertiary/aromatic N) is 1. The van der Waals surface area contributed by atoms with Gasteiger partial charge in [-0.1, -0.05) is 15.9 Å². The molecule has 0 unspecified atom stereocenters. The molecule has 0 spiro atoms. The van der Waals surface area contributed by atoms with E-state index < -0.39 is 16.4 Å². The third-order valence-corrected chi connectivity index (χ3v) is 1.97. The average molecular weight is 249 g/mol. The molecular weight excluding hydrogens is 243 g/mol. The van der Waals surface area contributed by atoms with Gasteiger partial charge in [0, 0.05) is 16.6 Å². The summed E-state index contributed by atoms with van der Waals surface area (Å²) in [5.41, 5.74) is 4.86. The SMILES string of the molecule is NCc1cc(Br)cc(F)c1[N+](=O)[O-]. The van der Waals surface area contributed by atoms with Crippen molar-refractivity contribution in [3.8, 4) is 0 Å². The molecule has 0 saturated heterocycles. The van der Waals surface area contributed by atoms with Crippen LogP contribution in [0.1, 0.15) is 5.56 Å². The van der Waals surface area contributed by atoms with Crippen LogP contribution in [0.15, 0.2) is 16.6 Å². The van der Waals surface area contributed by atoms with E-state index >= 15 is 0 Å². The van der Waals surface area contributed by atoms with Crippen molar-refractivity contribution in [1.29, 1.82) is 0 Å². The van der Waals surface area contributed by atoms with Gasteiger partial charge < -0.3 is 5.73 Å². The fraction of sp³-hybridized carbons (Fsp3) is 0.143. The highest BCUT2D eigenvalue weighted by molar-refractivity contribution is 9.10. The lowest BCUT2D eigenvalue weighted by Gasteiger charge is -2.01. The highest BCUT2D eigenvalue weighted by Gasteiger charge is 2.19. The van der Waals surface area contributed by atoms with Crippen molar-refractivity contribution in [2.75, 3.05) is 0 Å². The first kappa shape index (κ1) is 10.1. The molecule has 0 bridgehead atoms. The molecule has 0 radical (unpaired) electrons. The van der Waals surface area contributed by atoms with Gasteiger partial charge >= 0.3 is 5.69 Å².